The van der Waals surface area contributed by atoms with Crippen LogP contribution >= 0.6 is 8.19 Å². The van der Waals surface area contributed by atoms with Crippen molar-refractivity contribution < 1.29 is 9.53 Å². The topological polar surface area (TPSA) is 26.3 Å². The van der Waals surface area contributed by atoms with Crippen molar-refractivity contribution >= 4 is 14.2 Å². The van der Waals surface area contributed by atoms with Gasteiger partial charge in [-0.2, -0.15) is 0 Å². The van der Waals surface area contributed by atoms with E-state index in [1.807, 2.05) is 6.92 Å². The first-order valence-corrected chi connectivity index (χ1v) is 5.45. The van der Waals surface area contributed by atoms with Crippen LogP contribution in [0.1, 0.15) is 16.4 Å². The standard InChI is InChI=1S/C11H13O2P/c1-4-5-13-11(12)6-10-9(3)8(2)7-14-10/h1,7,14H,5-6H2,2-3H3. The third-order valence-corrected chi connectivity index (χ3v) is 3.62. The van der Waals surface area contributed by atoms with Gasteiger partial charge in [-0.3, -0.25) is 4.79 Å². The molecular formula is C11H13O2P. The number of aryl methyl sites for hydroxylation is 1. The maximum Gasteiger partial charge on any atom is 0.311 e. The quantitative estimate of drug-likeness (QED) is 0.561. The summed E-state index contributed by atoms with van der Waals surface area (Å²) in [6.07, 6.45) is 5.36. The lowest BCUT2D eigenvalue weighted by Gasteiger charge is -2.01. The molecule has 0 aromatic carbocycles. The minimum atomic E-state index is -0.229. The van der Waals surface area contributed by atoms with E-state index in [1.54, 1.807) is 0 Å². The Kier molecular flexibility index (Phi) is 3.80. The van der Waals surface area contributed by atoms with E-state index in [0.717, 1.165) is 0 Å². The van der Waals surface area contributed by atoms with E-state index in [4.69, 9.17) is 11.2 Å². The van der Waals surface area contributed by atoms with Gasteiger partial charge in [0.1, 0.15) is 0 Å². The molecule has 2 nitrogen and oxygen atoms in total. The highest BCUT2D eigenvalue weighted by molar-refractivity contribution is 7.30. The number of esters is 1. The van der Waals surface area contributed by atoms with Crippen molar-refractivity contribution in [3.05, 3.63) is 22.2 Å². The smallest absolute Gasteiger partial charge is 0.311 e. The largest absolute Gasteiger partial charge is 0.452 e. The monoisotopic (exact) mass is 208 g/mol. The molecular weight excluding hydrogens is 195 g/mol. The molecule has 0 aliphatic heterocycles. The Morgan fingerprint density at radius 1 is 1.64 bits per heavy atom. The number of rotatable bonds is 3. The second-order valence-corrected chi connectivity index (χ2v) is 4.30. The minimum absolute atomic E-state index is 0.0701. The summed E-state index contributed by atoms with van der Waals surface area (Å²) in [5.74, 6) is 4.20. The van der Waals surface area contributed by atoms with E-state index in [2.05, 4.69) is 18.6 Å². The number of ether oxygens (including phenoxy) is 1. The fraction of sp³-hybridized carbons (Fsp3) is 0.364. The van der Waals surface area contributed by atoms with Crippen LogP contribution in [0.15, 0.2) is 5.80 Å². The molecule has 0 bridgehead atoms. The van der Waals surface area contributed by atoms with Crippen molar-refractivity contribution in [1.82, 2.24) is 0 Å². The molecule has 0 fully saturated rings. The maximum absolute atomic E-state index is 11.2. The summed E-state index contributed by atoms with van der Waals surface area (Å²) >= 11 is 0. The van der Waals surface area contributed by atoms with Crippen molar-refractivity contribution in [3.8, 4) is 12.3 Å². The summed E-state index contributed by atoms with van der Waals surface area (Å²) in [4.78, 5) is 11.2. The Morgan fingerprint density at radius 3 is 2.86 bits per heavy atom. The molecule has 3 heteroatoms. The Bertz CT molecular complexity index is 371. The van der Waals surface area contributed by atoms with Crippen LogP contribution < -0.4 is 0 Å². The molecule has 1 aromatic rings. The Balaban J connectivity index is 2.57. The van der Waals surface area contributed by atoms with Gasteiger partial charge in [0.05, 0.1) is 6.42 Å². The van der Waals surface area contributed by atoms with Crippen LogP contribution in [0.4, 0.5) is 0 Å². The average molecular weight is 208 g/mol. The Morgan fingerprint density at radius 2 is 2.36 bits per heavy atom. The van der Waals surface area contributed by atoms with Gasteiger partial charge in [-0.15, -0.1) is 14.6 Å². The van der Waals surface area contributed by atoms with Crippen molar-refractivity contribution in [2.24, 2.45) is 0 Å². The van der Waals surface area contributed by atoms with Gasteiger partial charge in [0.15, 0.2) is 6.61 Å². The fourth-order valence-corrected chi connectivity index (χ4v) is 2.42. The predicted octanol–water partition coefficient (Wildman–Crippen LogP) is 2.05. The summed E-state index contributed by atoms with van der Waals surface area (Å²) < 4.78 is 4.81. The first-order valence-electron chi connectivity index (χ1n) is 4.37. The zero-order chi connectivity index (χ0) is 10.6. The molecule has 1 unspecified atom stereocenters. The second kappa shape index (κ2) is 4.88. The highest BCUT2D eigenvalue weighted by atomic mass is 31.0. The highest BCUT2D eigenvalue weighted by Gasteiger charge is 2.08. The first-order chi connectivity index (χ1) is 6.65. The van der Waals surface area contributed by atoms with E-state index >= 15 is 0 Å². The molecule has 74 valence electrons. The van der Waals surface area contributed by atoms with Gasteiger partial charge in [0, 0.05) is 0 Å². The molecule has 1 heterocycles. The summed E-state index contributed by atoms with van der Waals surface area (Å²) in [5.41, 5.74) is 2.49. The van der Waals surface area contributed by atoms with Crippen molar-refractivity contribution in [1.29, 1.82) is 0 Å². The summed E-state index contributed by atoms with van der Waals surface area (Å²) in [6.45, 7) is 4.17. The predicted molar refractivity (Wildman–Crippen MR) is 58.9 cm³/mol. The zero-order valence-corrected chi connectivity index (χ0v) is 9.39. The van der Waals surface area contributed by atoms with E-state index in [-0.39, 0.29) is 12.6 Å². The highest BCUT2D eigenvalue weighted by Crippen LogP contribution is 2.25. The van der Waals surface area contributed by atoms with Crippen LogP contribution in [0.5, 0.6) is 0 Å². The molecule has 0 saturated heterocycles. The Labute approximate surface area is 85.7 Å². The number of carbonyl (C=O) groups excluding carboxylic acids is 1. The molecule has 0 spiro atoms. The number of hydrogen-bond acceptors (Lipinski definition) is 2. The molecule has 0 aliphatic rings. The number of hydrogen-bond donors (Lipinski definition) is 0. The van der Waals surface area contributed by atoms with Crippen LogP contribution in [-0.4, -0.2) is 12.6 Å². The Hall–Kier alpha value is -1.19. The SMILES string of the molecule is C#CCOC(=O)Cc1[pH]cc(C)c1C. The van der Waals surface area contributed by atoms with E-state index < -0.39 is 0 Å². The van der Waals surface area contributed by atoms with Crippen LogP contribution in [-0.2, 0) is 16.0 Å². The molecule has 0 N–H and O–H groups in total. The van der Waals surface area contributed by atoms with E-state index in [0.29, 0.717) is 14.6 Å². The first kappa shape index (κ1) is 10.9. The lowest BCUT2D eigenvalue weighted by molar-refractivity contribution is -0.141. The van der Waals surface area contributed by atoms with E-state index in [1.165, 1.54) is 16.4 Å². The van der Waals surface area contributed by atoms with Gasteiger partial charge < -0.3 is 4.74 Å². The molecule has 14 heavy (non-hydrogen) atoms. The lowest BCUT2D eigenvalue weighted by atomic mass is 10.1. The second-order valence-electron chi connectivity index (χ2n) is 3.12. The maximum atomic E-state index is 11.2. The summed E-state index contributed by atoms with van der Waals surface area (Å²) in [7, 11) is 0.623. The van der Waals surface area contributed by atoms with Gasteiger partial charge in [-0.1, -0.05) is 5.92 Å². The average Bonchev–Trinajstić information content (AvgIpc) is 2.46. The molecule has 0 saturated carbocycles. The van der Waals surface area contributed by atoms with Crippen molar-refractivity contribution in [3.63, 3.8) is 0 Å². The normalized spacial score (nSPS) is 10.1. The van der Waals surface area contributed by atoms with Gasteiger partial charge in [-0.25, -0.2) is 0 Å². The van der Waals surface area contributed by atoms with Gasteiger partial charge in [0.25, 0.3) is 0 Å². The number of terminal acetylenes is 1. The number of carbonyl (C=O) groups is 1. The van der Waals surface area contributed by atoms with Crippen LogP contribution in [0.2, 0.25) is 0 Å². The lowest BCUT2D eigenvalue weighted by Crippen LogP contribution is -2.07. The van der Waals surface area contributed by atoms with Gasteiger partial charge in [0.2, 0.25) is 0 Å². The fourth-order valence-electron chi connectivity index (χ4n) is 1.15. The summed E-state index contributed by atoms with van der Waals surface area (Å²) in [6, 6.07) is 0. The van der Waals surface area contributed by atoms with Crippen LogP contribution in [0.25, 0.3) is 0 Å². The zero-order valence-electron chi connectivity index (χ0n) is 8.39. The van der Waals surface area contributed by atoms with Crippen molar-refractivity contribution in [2.45, 2.75) is 20.3 Å². The third-order valence-electron chi connectivity index (χ3n) is 2.14. The molecule has 1 aromatic heterocycles. The van der Waals surface area contributed by atoms with Crippen LogP contribution in [0, 0.1) is 26.2 Å². The minimum Gasteiger partial charge on any atom is -0.452 e. The van der Waals surface area contributed by atoms with Crippen molar-refractivity contribution in [2.75, 3.05) is 6.61 Å². The molecule has 0 amide bonds. The third kappa shape index (κ3) is 2.65. The van der Waals surface area contributed by atoms with Gasteiger partial charge >= 0.3 is 5.97 Å². The summed E-state index contributed by atoms with van der Waals surface area (Å²) in [5, 5.41) is 1.17. The van der Waals surface area contributed by atoms with Gasteiger partial charge in [-0.05, 0) is 36.1 Å². The molecule has 1 atom stereocenters. The molecule has 1 rings (SSSR count). The molecule has 0 radical (unpaired) electrons. The van der Waals surface area contributed by atoms with Crippen LogP contribution in [0.3, 0.4) is 0 Å². The van der Waals surface area contributed by atoms with E-state index in [9.17, 15) is 4.79 Å². The molecule has 0 aliphatic carbocycles.